The Labute approximate surface area is 93.6 Å². The molecule has 0 aromatic heterocycles. The maximum atomic E-state index is 11.1. The SMILES string of the molecule is [CH2-]N1CCC(C(=O)CC)C1.[Y]. The molecule has 0 N–H and O–H groups in total. The number of hydrogen-bond donors (Lipinski definition) is 0. The summed E-state index contributed by atoms with van der Waals surface area (Å²) in [5, 5.41) is 0. The van der Waals surface area contributed by atoms with Crippen LogP contribution in [0.4, 0.5) is 0 Å². The average Bonchev–Trinajstić information content (AvgIpc) is 2.34. The van der Waals surface area contributed by atoms with Crippen LogP contribution in [0.3, 0.4) is 0 Å². The van der Waals surface area contributed by atoms with E-state index in [2.05, 4.69) is 7.05 Å². The third-order valence-corrected chi connectivity index (χ3v) is 2.08. The van der Waals surface area contributed by atoms with E-state index in [9.17, 15) is 4.79 Å². The first-order valence-corrected chi connectivity index (χ1v) is 3.82. The van der Waals surface area contributed by atoms with Gasteiger partial charge < -0.3 is 4.90 Å². The average molecular weight is 229 g/mol. The summed E-state index contributed by atoms with van der Waals surface area (Å²) in [6.45, 7) is 3.77. The summed E-state index contributed by atoms with van der Waals surface area (Å²) >= 11 is 0. The standard InChI is InChI=1S/C8H14NO.Y/c1-3-8(10)7-4-5-9(2)6-7;/h7H,2-6H2,1H3;/q-1;. The van der Waals surface area contributed by atoms with Gasteiger partial charge in [0, 0.05) is 45.0 Å². The van der Waals surface area contributed by atoms with E-state index in [1.54, 1.807) is 0 Å². The normalized spacial score (nSPS) is 24.7. The predicted octanol–water partition coefficient (Wildman–Crippen LogP) is 1.08. The molecule has 0 aromatic rings. The number of Topliss-reactive ketones (excluding diaryl/α,β-unsaturated/α-hetero) is 1. The molecule has 0 aliphatic carbocycles. The number of nitrogens with zero attached hydrogens (tertiary/aromatic N) is 1. The van der Waals surface area contributed by atoms with Crippen LogP contribution >= 0.6 is 0 Å². The van der Waals surface area contributed by atoms with Crippen molar-refractivity contribution >= 4 is 5.78 Å². The quantitative estimate of drug-likeness (QED) is 0.660. The van der Waals surface area contributed by atoms with Crippen molar-refractivity contribution in [2.24, 2.45) is 5.92 Å². The van der Waals surface area contributed by atoms with Gasteiger partial charge in [-0.1, -0.05) is 6.92 Å². The zero-order valence-corrected chi connectivity index (χ0v) is 9.88. The molecular formula is C8H14NOY-. The van der Waals surface area contributed by atoms with Crippen LogP contribution in [0, 0.1) is 13.0 Å². The number of rotatable bonds is 2. The van der Waals surface area contributed by atoms with E-state index in [1.807, 2.05) is 11.8 Å². The molecule has 1 rings (SSSR count). The number of carbonyl (C=O) groups is 1. The first-order chi connectivity index (χ1) is 4.74. The van der Waals surface area contributed by atoms with Gasteiger partial charge in [0.1, 0.15) is 5.78 Å². The maximum absolute atomic E-state index is 11.1. The summed E-state index contributed by atoms with van der Waals surface area (Å²) in [6.07, 6.45) is 1.69. The van der Waals surface area contributed by atoms with E-state index in [0.29, 0.717) is 12.2 Å². The van der Waals surface area contributed by atoms with E-state index in [0.717, 1.165) is 19.5 Å². The second-order valence-corrected chi connectivity index (χ2v) is 2.88. The molecule has 1 aliphatic rings. The zero-order valence-electron chi connectivity index (χ0n) is 7.05. The number of carbonyl (C=O) groups excluding carboxylic acids is 1. The van der Waals surface area contributed by atoms with Gasteiger partial charge in [-0.25, -0.2) is 0 Å². The van der Waals surface area contributed by atoms with Gasteiger partial charge in [-0.2, -0.15) is 0 Å². The molecule has 1 saturated heterocycles. The van der Waals surface area contributed by atoms with Gasteiger partial charge in [-0.05, 0) is 19.5 Å². The van der Waals surface area contributed by atoms with Gasteiger partial charge in [-0.3, -0.25) is 11.8 Å². The minimum Gasteiger partial charge on any atom is -0.459 e. The van der Waals surface area contributed by atoms with Gasteiger partial charge in [0.15, 0.2) is 0 Å². The van der Waals surface area contributed by atoms with Gasteiger partial charge >= 0.3 is 0 Å². The molecule has 0 saturated carbocycles. The summed E-state index contributed by atoms with van der Waals surface area (Å²) in [7, 11) is 3.79. The van der Waals surface area contributed by atoms with E-state index in [4.69, 9.17) is 0 Å². The molecule has 1 radical (unpaired) electrons. The molecule has 1 atom stereocenters. The number of hydrogen-bond acceptors (Lipinski definition) is 2. The van der Waals surface area contributed by atoms with Crippen LogP contribution < -0.4 is 0 Å². The van der Waals surface area contributed by atoms with Crippen LogP contribution in [0.15, 0.2) is 0 Å². The molecule has 1 fully saturated rings. The van der Waals surface area contributed by atoms with Crippen LogP contribution in [0.2, 0.25) is 0 Å². The second-order valence-electron chi connectivity index (χ2n) is 2.88. The fraction of sp³-hybridized carbons (Fsp3) is 0.750. The minimum absolute atomic E-state index is 0. The molecule has 61 valence electrons. The van der Waals surface area contributed by atoms with Crippen molar-refractivity contribution in [2.45, 2.75) is 19.8 Å². The van der Waals surface area contributed by atoms with Crippen molar-refractivity contribution in [3.05, 3.63) is 7.05 Å². The Bertz CT molecular complexity index is 138. The Kier molecular flexibility index (Phi) is 5.75. The fourth-order valence-corrected chi connectivity index (χ4v) is 1.38. The zero-order chi connectivity index (χ0) is 7.56. The van der Waals surface area contributed by atoms with Crippen molar-refractivity contribution in [1.82, 2.24) is 4.90 Å². The molecule has 2 nitrogen and oxygen atoms in total. The van der Waals surface area contributed by atoms with E-state index >= 15 is 0 Å². The Morgan fingerprint density at radius 2 is 2.36 bits per heavy atom. The molecule has 1 heterocycles. The molecule has 1 unspecified atom stereocenters. The Morgan fingerprint density at radius 1 is 1.73 bits per heavy atom. The first-order valence-electron chi connectivity index (χ1n) is 3.82. The first kappa shape index (κ1) is 11.7. The molecule has 0 spiro atoms. The van der Waals surface area contributed by atoms with E-state index in [1.165, 1.54) is 0 Å². The molecule has 1 aliphatic heterocycles. The van der Waals surface area contributed by atoms with Crippen LogP contribution in [0.5, 0.6) is 0 Å². The monoisotopic (exact) mass is 229 g/mol. The van der Waals surface area contributed by atoms with E-state index < -0.39 is 0 Å². The Hall–Kier alpha value is 0.734. The van der Waals surface area contributed by atoms with Crippen molar-refractivity contribution < 1.29 is 37.5 Å². The van der Waals surface area contributed by atoms with Crippen molar-refractivity contribution in [1.29, 1.82) is 0 Å². The maximum Gasteiger partial charge on any atom is 0.136 e. The molecule has 3 heteroatoms. The van der Waals surface area contributed by atoms with Crippen molar-refractivity contribution in [2.75, 3.05) is 13.1 Å². The number of ketones is 1. The molecule has 11 heavy (non-hydrogen) atoms. The van der Waals surface area contributed by atoms with Crippen molar-refractivity contribution in [3.8, 4) is 0 Å². The fourth-order valence-electron chi connectivity index (χ4n) is 1.38. The van der Waals surface area contributed by atoms with Gasteiger partial charge in [0.2, 0.25) is 0 Å². The van der Waals surface area contributed by atoms with Gasteiger partial charge in [0.25, 0.3) is 0 Å². The molecule has 0 bridgehead atoms. The smallest absolute Gasteiger partial charge is 0.136 e. The topological polar surface area (TPSA) is 20.3 Å². The van der Waals surface area contributed by atoms with Crippen LogP contribution in [0.1, 0.15) is 19.8 Å². The third kappa shape index (κ3) is 3.31. The van der Waals surface area contributed by atoms with E-state index in [-0.39, 0.29) is 38.6 Å². The minimum atomic E-state index is 0. The second kappa shape index (κ2) is 5.39. The summed E-state index contributed by atoms with van der Waals surface area (Å²) in [6, 6.07) is 0. The molecule has 0 amide bonds. The molecule has 0 aromatic carbocycles. The number of likely N-dealkylation sites (tertiary alicyclic amines) is 1. The summed E-state index contributed by atoms with van der Waals surface area (Å²) in [5.41, 5.74) is 0. The van der Waals surface area contributed by atoms with Gasteiger partial charge in [0.05, 0.1) is 0 Å². The van der Waals surface area contributed by atoms with Crippen LogP contribution in [-0.4, -0.2) is 23.8 Å². The largest absolute Gasteiger partial charge is 0.459 e. The summed E-state index contributed by atoms with van der Waals surface area (Å²) < 4.78 is 0. The van der Waals surface area contributed by atoms with Gasteiger partial charge in [-0.15, -0.1) is 0 Å². The summed E-state index contributed by atoms with van der Waals surface area (Å²) in [4.78, 5) is 13.1. The summed E-state index contributed by atoms with van der Waals surface area (Å²) in [5.74, 6) is 0.675. The third-order valence-electron chi connectivity index (χ3n) is 2.08. The van der Waals surface area contributed by atoms with Crippen molar-refractivity contribution in [3.63, 3.8) is 0 Å². The van der Waals surface area contributed by atoms with Crippen LogP contribution in [0.25, 0.3) is 0 Å². The van der Waals surface area contributed by atoms with Crippen LogP contribution in [-0.2, 0) is 37.5 Å². The Morgan fingerprint density at radius 3 is 2.73 bits per heavy atom. The Balaban J connectivity index is 0.000001000. The molecular weight excluding hydrogens is 215 g/mol. The predicted molar refractivity (Wildman–Crippen MR) is 40.3 cm³/mol.